The summed E-state index contributed by atoms with van der Waals surface area (Å²) in [5.74, 6) is -1.93. The average molecular weight is 459 g/mol. The molecule has 0 saturated carbocycles. The molecule has 0 spiro atoms. The van der Waals surface area contributed by atoms with Gasteiger partial charge in [-0.15, -0.1) is 5.48 Å². The van der Waals surface area contributed by atoms with Gasteiger partial charge in [-0.2, -0.15) is 0 Å². The summed E-state index contributed by atoms with van der Waals surface area (Å²) in [5, 5.41) is 3.07. The van der Waals surface area contributed by atoms with E-state index < -0.39 is 29.9 Å². The summed E-state index contributed by atoms with van der Waals surface area (Å²) in [7, 11) is 0. The van der Waals surface area contributed by atoms with Crippen LogP contribution in [0.2, 0.25) is 0 Å². The first kappa shape index (κ1) is 21.1. The Balaban J connectivity index is 1.31. The van der Waals surface area contributed by atoms with Crippen LogP contribution in [-0.4, -0.2) is 55.7 Å². The molecule has 2 atom stereocenters. The number of hydroxylamine groups is 1. The van der Waals surface area contributed by atoms with Crippen LogP contribution < -0.4 is 20.6 Å². The van der Waals surface area contributed by atoms with E-state index in [4.69, 9.17) is 14.3 Å². The molecule has 12 heteroatoms. The Labute approximate surface area is 186 Å². The lowest BCUT2D eigenvalue weighted by Crippen LogP contribution is -2.42. The van der Waals surface area contributed by atoms with Gasteiger partial charge < -0.3 is 14.3 Å². The minimum absolute atomic E-state index is 0.0239. The zero-order chi connectivity index (χ0) is 22.9. The van der Waals surface area contributed by atoms with Gasteiger partial charge in [0.25, 0.3) is 0 Å². The number of pyridine rings is 1. The molecule has 2 N–H and O–H groups in total. The van der Waals surface area contributed by atoms with Crippen LogP contribution in [-0.2, 0) is 14.3 Å². The van der Waals surface area contributed by atoms with E-state index in [0.29, 0.717) is 24.5 Å². The summed E-state index contributed by atoms with van der Waals surface area (Å²) in [4.78, 5) is 35.3. The second-order valence-electron chi connectivity index (χ2n) is 7.50. The number of benzene rings is 1. The van der Waals surface area contributed by atoms with E-state index in [1.54, 1.807) is 6.08 Å². The van der Waals surface area contributed by atoms with Gasteiger partial charge in [-0.1, -0.05) is 0 Å². The number of anilines is 2. The molecule has 0 bridgehead atoms. The fourth-order valence-electron chi connectivity index (χ4n) is 3.74. The SMILES string of the molecule is O=C1OCCN1c1ccc(-c2ccc(N3CC(CNC4C=CON4)OC3=O)c(F)c2F)cn1. The number of cyclic esters (lactones) is 2. The van der Waals surface area contributed by atoms with Crippen molar-refractivity contribution >= 4 is 23.7 Å². The van der Waals surface area contributed by atoms with E-state index in [1.165, 1.54) is 41.6 Å². The second-order valence-corrected chi connectivity index (χ2v) is 7.50. The van der Waals surface area contributed by atoms with Crippen molar-refractivity contribution in [2.24, 2.45) is 0 Å². The van der Waals surface area contributed by atoms with Gasteiger partial charge in [0.15, 0.2) is 11.6 Å². The lowest BCUT2D eigenvalue weighted by molar-refractivity contribution is 0.114. The molecule has 0 aliphatic carbocycles. The van der Waals surface area contributed by atoms with Crippen LogP contribution in [0.1, 0.15) is 0 Å². The van der Waals surface area contributed by atoms with Gasteiger partial charge in [0.1, 0.15) is 31.0 Å². The van der Waals surface area contributed by atoms with Gasteiger partial charge in [0, 0.05) is 23.9 Å². The average Bonchev–Trinajstić information content (AvgIpc) is 3.56. The van der Waals surface area contributed by atoms with Crippen LogP contribution in [0, 0.1) is 11.6 Å². The Kier molecular flexibility index (Phi) is 5.52. The largest absolute Gasteiger partial charge is 0.447 e. The molecule has 2 aromatic rings. The van der Waals surface area contributed by atoms with Crippen LogP contribution in [0.4, 0.5) is 29.9 Å². The molecule has 5 rings (SSSR count). The maximum absolute atomic E-state index is 14.9. The number of aromatic nitrogens is 1. The number of hydrogen-bond donors (Lipinski definition) is 2. The van der Waals surface area contributed by atoms with E-state index in [0.717, 1.165) is 4.90 Å². The minimum Gasteiger partial charge on any atom is -0.447 e. The number of nitrogens with one attached hydrogen (secondary N) is 2. The molecule has 4 heterocycles. The number of ether oxygens (including phenoxy) is 2. The van der Waals surface area contributed by atoms with Crippen LogP contribution >= 0.6 is 0 Å². The third-order valence-electron chi connectivity index (χ3n) is 5.42. The molecule has 1 aromatic carbocycles. The molecule has 1 aromatic heterocycles. The van der Waals surface area contributed by atoms with Crippen molar-refractivity contribution in [2.75, 3.05) is 36.0 Å². The highest BCUT2D eigenvalue weighted by molar-refractivity contribution is 5.90. The van der Waals surface area contributed by atoms with Crippen molar-refractivity contribution < 1.29 is 32.7 Å². The number of hydrogen-bond acceptors (Lipinski definition) is 8. The van der Waals surface area contributed by atoms with Gasteiger partial charge in [-0.25, -0.2) is 23.4 Å². The van der Waals surface area contributed by atoms with Crippen molar-refractivity contribution in [1.29, 1.82) is 0 Å². The number of carbonyl (C=O) groups is 2. The van der Waals surface area contributed by atoms with Crippen molar-refractivity contribution in [3.05, 3.63) is 54.4 Å². The molecule has 10 nitrogen and oxygen atoms in total. The molecule has 2 fully saturated rings. The van der Waals surface area contributed by atoms with Gasteiger partial charge in [0.05, 0.1) is 18.8 Å². The zero-order valence-corrected chi connectivity index (χ0v) is 17.2. The molecule has 0 radical (unpaired) electrons. The molecule has 3 aliphatic heterocycles. The number of carbonyl (C=O) groups excluding carboxylic acids is 2. The van der Waals surface area contributed by atoms with Crippen molar-refractivity contribution in [1.82, 2.24) is 15.8 Å². The molecule has 2 saturated heterocycles. The first-order valence-corrected chi connectivity index (χ1v) is 10.2. The van der Waals surface area contributed by atoms with E-state index in [1.807, 2.05) is 0 Å². The molecule has 33 heavy (non-hydrogen) atoms. The van der Waals surface area contributed by atoms with Crippen molar-refractivity contribution in [2.45, 2.75) is 12.3 Å². The fourth-order valence-corrected chi connectivity index (χ4v) is 3.74. The number of nitrogens with zero attached hydrogens (tertiary/aromatic N) is 3. The molecule has 3 aliphatic rings. The Bertz CT molecular complexity index is 1110. The van der Waals surface area contributed by atoms with Crippen LogP contribution in [0.25, 0.3) is 11.1 Å². The third kappa shape index (κ3) is 4.05. The smallest absolute Gasteiger partial charge is 0.415 e. The standard InChI is InChI=1S/C21H19F2N5O5/c22-18-14(12-1-4-17(25-9-12)27-6-8-31-20(27)29)2-3-15(19(18)23)28-11-13(33-21(28)30)10-24-16-5-7-32-26-16/h1-5,7,9,13,16,24,26H,6,8,10-11H2. The Morgan fingerprint density at radius 3 is 2.70 bits per heavy atom. The number of rotatable bonds is 6. The maximum Gasteiger partial charge on any atom is 0.415 e. The summed E-state index contributed by atoms with van der Waals surface area (Å²) in [6.45, 7) is 0.981. The second kappa shape index (κ2) is 8.64. The summed E-state index contributed by atoms with van der Waals surface area (Å²) < 4.78 is 40.0. The summed E-state index contributed by atoms with van der Waals surface area (Å²) in [6.07, 6.45) is 2.51. The highest BCUT2D eigenvalue weighted by atomic mass is 19.2. The van der Waals surface area contributed by atoms with Crippen LogP contribution in [0.5, 0.6) is 0 Å². The van der Waals surface area contributed by atoms with Gasteiger partial charge in [-0.3, -0.25) is 15.1 Å². The Morgan fingerprint density at radius 1 is 1.12 bits per heavy atom. The number of amides is 2. The lowest BCUT2D eigenvalue weighted by atomic mass is 10.1. The van der Waals surface area contributed by atoms with Crippen molar-refractivity contribution in [3.8, 4) is 11.1 Å². The predicted octanol–water partition coefficient (Wildman–Crippen LogP) is 2.27. The van der Waals surface area contributed by atoms with E-state index in [-0.39, 0.29) is 30.6 Å². The Hall–Kier alpha value is -3.77. The molecule has 2 amide bonds. The molecular weight excluding hydrogens is 440 g/mol. The van der Waals surface area contributed by atoms with E-state index in [9.17, 15) is 18.4 Å². The molecule has 2 unspecified atom stereocenters. The van der Waals surface area contributed by atoms with Gasteiger partial charge in [-0.05, 0) is 30.3 Å². The zero-order valence-electron chi connectivity index (χ0n) is 17.2. The minimum atomic E-state index is -1.17. The molecular formula is C21H19F2N5O5. The third-order valence-corrected chi connectivity index (χ3v) is 5.42. The highest BCUT2D eigenvalue weighted by Gasteiger charge is 2.35. The summed E-state index contributed by atoms with van der Waals surface area (Å²) in [5.41, 5.74) is 2.76. The number of halogens is 2. The van der Waals surface area contributed by atoms with Gasteiger partial charge >= 0.3 is 12.2 Å². The first-order valence-electron chi connectivity index (χ1n) is 10.2. The highest BCUT2D eigenvalue weighted by Crippen LogP contribution is 2.33. The first-order chi connectivity index (χ1) is 16.0. The Morgan fingerprint density at radius 2 is 2.00 bits per heavy atom. The summed E-state index contributed by atoms with van der Waals surface area (Å²) >= 11 is 0. The van der Waals surface area contributed by atoms with Gasteiger partial charge in [0.2, 0.25) is 0 Å². The topological polar surface area (TPSA) is 105 Å². The van der Waals surface area contributed by atoms with Crippen LogP contribution in [0.3, 0.4) is 0 Å². The monoisotopic (exact) mass is 459 g/mol. The normalized spacial score (nSPS) is 22.0. The summed E-state index contributed by atoms with van der Waals surface area (Å²) in [6, 6.07) is 5.76. The van der Waals surface area contributed by atoms with Crippen LogP contribution in [0.15, 0.2) is 42.8 Å². The maximum atomic E-state index is 14.9. The van der Waals surface area contributed by atoms with Crippen molar-refractivity contribution in [3.63, 3.8) is 0 Å². The van der Waals surface area contributed by atoms with E-state index >= 15 is 0 Å². The lowest BCUT2D eigenvalue weighted by Gasteiger charge is -2.17. The van der Waals surface area contributed by atoms with E-state index in [2.05, 4.69) is 15.8 Å². The fraction of sp³-hybridized carbons (Fsp3) is 0.286. The quantitative estimate of drug-likeness (QED) is 0.678. The molecule has 172 valence electrons. The predicted molar refractivity (Wildman–Crippen MR) is 111 cm³/mol.